The van der Waals surface area contributed by atoms with Crippen molar-refractivity contribution in [1.29, 1.82) is 0 Å². The van der Waals surface area contributed by atoms with Crippen LogP contribution in [0.4, 0.5) is 5.69 Å². The number of esters is 1. The summed E-state index contributed by atoms with van der Waals surface area (Å²) in [5, 5.41) is 3.34. The van der Waals surface area contributed by atoms with Gasteiger partial charge in [0, 0.05) is 0 Å². The summed E-state index contributed by atoms with van der Waals surface area (Å²) in [5.74, 6) is -0.132. The lowest BCUT2D eigenvalue weighted by molar-refractivity contribution is -0.142. The summed E-state index contributed by atoms with van der Waals surface area (Å²) in [6.45, 7) is 5.68. The van der Waals surface area contributed by atoms with Crippen molar-refractivity contribution in [1.82, 2.24) is 5.32 Å². The van der Waals surface area contributed by atoms with E-state index in [1.54, 1.807) is 12.2 Å². The first-order chi connectivity index (χ1) is 15.4. The molecule has 0 bridgehead atoms. The minimum atomic E-state index is -0.470. The number of amides is 1. The number of amidine groups is 1. The van der Waals surface area contributed by atoms with Crippen molar-refractivity contribution in [2.45, 2.75) is 19.8 Å². The molecule has 3 rings (SSSR count). The fourth-order valence-corrected chi connectivity index (χ4v) is 4.45. The predicted molar refractivity (Wildman–Crippen MR) is 132 cm³/mol. The zero-order valence-corrected chi connectivity index (χ0v) is 20.2. The SMILES string of the molecule is C=CCc1cc(/C=C2\SC(=Nc3ccc(CC)cc3)NC2=O)cc(Br)c1OCC(=O)OC. The molecule has 166 valence electrons. The maximum atomic E-state index is 12.5. The molecule has 1 aliphatic heterocycles. The standard InChI is InChI=1S/C24H23BrN2O4S/c1-4-6-17-11-16(12-19(25)22(17)31-14-21(28)30-3)13-20-23(29)27-24(32-20)26-18-9-7-15(5-2)8-10-18/h4,7-13H,1,5-6,14H2,2-3H3,(H,26,27,29)/b20-13-. The van der Waals surface area contributed by atoms with Gasteiger partial charge in [-0.1, -0.05) is 25.1 Å². The smallest absolute Gasteiger partial charge is 0.343 e. The van der Waals surface area contributed by atoms with Gasteiger partial charge in [-0.2, -0.15) is 0 Å². The van der Waals surface area contributed by atoms with Crippen LogP contribution in [-0.4, -0.2) is 30.8 Å². The van der Waals surface area contributed by atoms with E-state index < -0.39 is 5.97 Å². The number of halogens is 1. The van der Waals surface area contributed by atoms with E-state index in [9.17, 15) is 9.59 Å². The zero-order chi connectivity index (χ0) is 23.1. The highest BCUT2D eigenvalue weighted by molar-refractivity contribution is 9.10. The molecule has 0 unspecified atom stereocenters. The molecule has 6 nitrogen and oxygen atoms in total. The van der Waals surface area contributed by atoms with Crippen molar-refractivity contribution >= 4 is 56.5 Å². The number of aryl methyl sites for hydroxylation is 1. The lowest BCUT2D eigenvalue weighted by Gasteiger charge is -2.13. The minimum absolute atomic E-state index is 0.197. The molecular weight excluding hydrogens is 492 g/mol. The van der Waals surface area contributed by atoms with E-state index in [1.807, 2.05) is 36.4 Å². The van der Waals surface area contributed by atoms with Gasteiger partial charge in [0.05, 0.1) is 22.2 Å². The van der Waals surface area contributed by atoms with Crippen molar-refractivity contribution in [3.8, 4) is 5.75 Å². The number of methoxy groups -OCH3 is 1. The normalized spacial score (nSPS) is 15.7. The van der Waals surface area contributed by atoms with Gasteiger partial charge in [0.1, 0.15) is 5.75 Å². The zero-order valence-electron chi connectivity index (χ0n) is 17.8. The third kappa shape index (κ3) is 6.11. The van der Waals surface area contributed by atoms with Crippen LogP contribution in [0.2, 0.25) is 0 Å². The van der Waals surface area contributed by atoms with Gasteiger partial charge < -0.3 is 14.8 Å². The summed E-state index contributed by atoms with van der Waals surface area (Å²) in [7, 11) is 1.31. The van der Waals surface area contributed by atoms with Crippen LogP contribution in [0.25, 0.3) is 6.08 Å². The molecule has 2 aromatic carbocycles. The summed E-state index contributed by atoms with van der Waals surface area (Å²) in [4.78, 5) is 29.0. The highest BCUT2D eigenvalue weighted by Crippen LogP contribution is 2.34. The number of nitrogens with zero attached hydrogens (tertiary/aromatic N) is 1. The molecule has 1 amide bonds. The maximum absolute atomic E-state index is 12.5. The van der Waals surface area contributed by atoms with Crippen molar-refractivity contribution in [2.75, 3.05) is 13.7 Å². The summed E-state index contributed by atoms with van der Waals surface area (Å²) < 4.78 is 10.9. The van der Waals surface area contributed by atoms with Crippen molar-refractivity contribution in [3.63, 3.8) is 0 Å². The minimum Gasteiger partial charge on any atom is -0.480 e. The topological polar surface area (TPSA) is 77.0 Å². The molecule has 0 saturated carbocycles. The second kappa shape index (κ2) is 11.2. The van der Waals surface area contributed by atoms with Crippen molar-refractivity contribution in [2.24, 2.45) is 4.99 Å². The Labute approximate surface area is 199 Å². The molecule has 1 heterocycles. The Morgan fingerprint density at radius 1 is 1.28 bits per heavy atom. The second-order valence-corrected chi connectivity index (χ2v) is 8.74. The highest BCUT2D eigenvalue weighted by Gasteiger charge is 2.24. The summed E-state index contributed by atoms with van der Waals surface area (Å²) in [6.07, 6.45) is 5.04. The number of carbonyl (C=O) groups excluding carboxylic acids is 2. The number of carbonyl (C=O) groups is 2. The molecule has 2 aromatic rings. The lowest BCUT2D eigenvalue weighted by atomic mass is 10.1. The van der Waals surface area contributed by atoms with Gasteiger partial charge in [0.15, 0.2) is 11.8 Å². The molecule has 0 atom stereocenters. The lowest BCUT2D eigenvalue weighted by Crippen LogP contribution is -2.19. The quantitative estimate of drug-likeness (QED) is 0.298. The number of benzene rings is 2. The average Bonchev–Trinajstić information content (AvgIpc) is 3.12. The fraction of sp³-hybridized carbons (Fsp3) is 0.208. The first kappa shape index (κ1) is 23.8. The third-order valence-electron chi connectivity index (χ3n) is 4.59. The first-order valence-electron chi connectivity index (χ1n) is 9.95. The monoisotopic (exact) mass is 514 g/mol. The molecule has 1 saturated heterocycles. The molecule has 8 heteroatoms. The Morgan fingerprint density at radius 3 is 2.69 bits per heavy atom. The van der Waals surface area contributed by atoms with Gasteiger partial charge in [0.25, 0.3) is 5.91 Å². The fourth-order valence-electron chi connectivity index (χ4n) is 2.97. The summed E-state index contributed by atoms with van der Waals surface area (Å²) in [6, 6.07) is 11.7. The van der Waals surface area contributed by atoms with Crippen LogP contribution in [0.3, 0.4) is 0 Å². The highest BCUT2D eigenvalue weighted by atomic mass is 79.9. The largest absolute Gasteiger partial charge is 0.480 e. The molecular formula is C24H23BrN2O4S. The molecule has 32 heavy (non-hydrogen) atoms. The van der Waals surface area contributed by atoms with E-state index in [4.69, 9.17) is 4.74 Å². The number of hydrogen-bond acceptors (Lipinski definition) is 6. The Morgan fingerprint density at radius 2 is 2.03 bits per heavy atom. The van der Waals surface area contributed by atoms with Gasteiger partial charge in [-0.15, -0.1) is 6.58 Å². The molecule has 0 aliphatic carbocycles. The van der Waals surface area contributed by atoms with E-state index in [-0.39, 0.29) is 12.5 Å². The van der Waals surface area contributed by atoms with Gasteiger partial charge >= 0.3 is 5.97 Å². The first-order valence-corrected chi connectivity index (χ1v) is 11.6. The Kier molecular flexibility index (Phi) is 8.30. The predicted octanol–water partition coefficient (Wildman–Crippen LogP) is 5.18. The van der Waals surface area contributed by atoms with Crippen LogP contribution < -0.4 is 10.1 Å². The summed E-state index contributed by atoms with van der Waals surface area (Å²) >= 11 is 4.79. The van der Waals surface area contributed by atoms with Gasteiger partial charge in [-0.25, -0.2) is 9.79 Å². The van der Waals surface area contributed by atoms with Crippen LogP contribution in [0, 0.1) is 0 Å². The van der Waals surface area contributed by atoms with Crippen LogP contribution in [-0.2, 0) is 27.2 Å². The number of aliphatic imine (C=N–C) groups is 1. The Hall–Kier alpha value is -2.84. The van der Waals surface area contributed by atoms with Crippen LogP contribution in [0.15, 0.2) is 63.4 Å². The van der Waals surface area contributed by atoms with E-state index in [2.05, 4.69) is 44.5 Å². The van der Waals surface area contributed by atoms with E-state index in [0.717, 1.165) is 23.2 Å². The van der Waals surface area contributed by atoms with Crippen LogP contribution >= 0.6 is 27.7 Å². The van der Waals surface area contributed by atoms with Gasteiger partial charge in [0.2, 0.25) is 0 Å². The average molecular weight is 515 g/mol. The van der Waals surface area contributed by atoms with Gasteiger partial charge in [-0.05, 0) is 87.6 Å². The second-order valence-electron chi connectivity index (χ2n) is 6.85. The maximum Gasteiger partial charge on any atom is 0.343 e. The van der Waals surface area contributed by atoms with Gasteiger partial charge in [-0.3, -0.25) is 4.79 Å². The van der Waals surface area contributed by atoms with Crippen molar-refractivity contribution in [3.05, 3.63) is 75.1 Å². The summed E-state index contributed by atoms with van der Waals surface area (Å²) in [5.41, 5.74) is 3.66. The number of allylic oxidation sites excluding steroid dienone is 1. The Bertz CT molecular complexity index is 1090. The third-order valence-corrected chi connectivity index (χ3v) is 6.09. The molecule has 1 aliphatic rings. The van der Waals surface area contributed by atoms with E-state index >= 15 is 0 Å². The Balaban J connectivity index is 1.83. The molecule has 0 radical (unpaired) electrons. The molecule has 0 aromatic heterocycles. The molecule has 1 N–H and O–H groups in total. The number of thioether (sulfide) groups is 1. The molecule has 0 spiro atoms. The number of rotatable bonds is 8. The van der Waals surface area contributed by atoms with E-state index in [1.165, 1.54) is 24.4 Å². The van der Waals surface area contributed by atoms with Crippen LogP contribution in [0.1, 0.15) is 23.6 Å². The van der Waals surface area contributed by atoms with E-state index in [0.29, 0.717) is 26.7 Å². The number of ether oxygens (including phenoxy) is 2. The number of nitrogens with one attached hydrogen (secondary N) is 1. The van der Waals surface area contributed by atoms with Crippen LogP contribution in [0.5, 0.6) is 5.75 Å². The number of hydrogen-bond donors (Lipinski definition) is 1. The van der Waals surface area contributed by atoms with Crippen molar-refractivity contribution < 1.29 is 19.1 Å². The molecule has 1 fully saturated rings.